The van der Waals surface area contributed by atoms with Gasteiger partial charge in [-0.05, 0) is 56.9 Å². The van der Waals surface area contributed by atoms with Gasteiger partial charge in [0.15, 0.2) is 12.3 Å². The van der Waals surface area contributed by atoms with E-state index < -0.39 is 24.6 Å². The molecule has 148 valence electrons. The van der Waals surface area contributed by atoms with Crippen LogP contribution in [0, 0.1) is 5.82 Å². The van der Waals surface area contributed by atoms with Crippen LogP contribution in [-0.2, 0) is 27.1 Å². The molecule has 1 heterocycles. The molecule has 1 aromatic heterocycles. The molecule has 9 heteroatoms. The van der Waals surface area contributed by atoms with Gasteiger partial charge in [0.1, 0.15) is 5.82 Å². The maximum absolute atomic E-state index is 13.2. The number of amides is 2. The smallest absolute Gasteiger partial charge is 0.413 e. The Morgan fingerprint density at radius 2 is 1.86 bits per heavy atom. The first kappa shape index (κ1) is 19.5. The van der Waals surface area contributed by atoms with Gasteiger partial charge in [0.05, 0.1) is 12.3 Å². The second kappa shape index (κ2) is 8.64. The standard InChI is InChI=1S/C19H20FN3O5/c1-2-27-19(26)21-16(24)11-28-18(25)17-14-5-3-4-6-15(14)23(22-17)13-9-7-12(20)8-10-13/h7-10H,2-6,11H2,1H3,(H,21,24,26). The van der Waals surface area contributed by atoms with Crippen molar-refractivity contribution in [2.24, 2.45) is 0 Å². The minimum absolute atomic E-state index is 0.117. The van der Waals surface area contributed by atoms with Crippen LogP contribution in [-0.4, -0.2) is 41.0 Å². The molecule has 28 heavy (non-hydrogen) atoms. The minimum atomic E-state index is -0.901. The van der Waals surface area contributed by atoms with Gasteiger partial charge in [-0.25, -0.2) is 18.7 Å². The first-order valence-electron chi connectivity index (χ1n) is 9.00. The van der Waals surface area contributed by atoms with Gasteiger partial charge in [0.2, 0.25) is 0 Å². The van der Waals surface area contributed by atoms with Crippen LogP contribution in [0.1, 0.15) is 41.5 Å². The van der Waals surface area contributed by atoms with Crippen LogP contribution < -0.4 is 5.32 Å². The van der Waals surface area contributed by atoms with Crippen molar-refractivity contribution in [3.8, 4) is 5.69 Å². The molecule has 0 aliphatic heterocycles. The zero-order valence-corrected chi connectivity index (χ0v) is 15.4. The Kier molecular flexibility index (Phi) is 6.03. The molecule has 0 unspecified atom stereocenters. The Morgan fingerprint density at radius 3 is 2.57 bits per heavy atom. The lowest BCUT2D eigenvalue weighted by atomic mass is 9.95. The summed E-state index contributed by atoms with van der Waals surface area (Å²) in [6.45, 7) is 1.09. The maximum atomic E-state index is 13.2. The quantitative estimate of drug-likeness (QED) is 0.788. The lowest BCUT2D eigenvalue weighted by molar-refractivity contribution is -0.123. The summed E-state index contributed by atoms with van der Waals surface area (Å²) in [6, 6.07) is 5.81. The summed E-state index contributed by atoms with van der Waals surface area (Å²) in [7, 11) is 0. The lowest BCUT2D eigenvalue weighted by Gasteiger charge is -2.14. The number of benzene rings is 1. The summed E-state index contributed by atoms with van der Waals surface area (Å²) in [5.41, 5.74) is 2.41. The van der Waals surface area contributed by atoms with E-state index in [1.807, 2.05) is 5.32 Å². The molecule has 0 saturated carbocycles. The van der Waals surface area contributed by atoms with Crippen molar-refractivity contribution in [2.75, 3.05) is 13.2 Å². The zero-order chi connectivity index (χ0) is 20.1. The second-order valence-corrected chi connectivity index (χ2v) is 6.21. The molecule has 2 aromatic rings. The third kappa shape index (κ3) is 4.36. The average molecular weight is 389 g/mol. The number of rotatable bonds is 5. The van der Waals surface area contributed by atoms with E-state index in [9.17, 15) is 18.8 Å². The van der Waals surface area contributed by atoms with Gasteiger partial charge in [0, 0.05) is 11.3 Å². The highest BCUT2D eigenvalue weighted by molar-refractivity contribution is 5.95. The van der Waals surface area contributed by atoms with Crippen LogP contribution in [0.5, 0.6) is 0 Å². The number of ether oxygens (including phenoxy) is 2. The summed E-state index contributed by atoms with van der Waals surface area (Å²) in [6.07, 6.45) is 2.36. The van der Waals surface area contributed by atoms with E-state index in [1.165, 1.54) is 12.1 Å². The van der Waals surface area contributed by atoms with E-state index in [2.05, 4.69) is 9.84 Å². The van der Waals surface area contributed by atoms with Gasteiger partial charge in [-0.1, -0.05) is 0 Å². The highest BCUT2D eigenvalue weighted by Gasteiger charge is 2.27. The number of esters is 1. The molecule has 8 nitrogen and oxygen atoms in total. The number of halogens is 1. The van der Waals surface area contributed by atoms with Crippen LogP contribution in [0.25, 0.3) is 5.69 Å². The molecule has 1 aliphatic carbocycles. The largest absolute Gasteiger partial charge is 0.451 e. The van der Waals surface area contributed by atoms with Gasteiger partial charge in [0.25, 0.3) is 5.91 Å². The number of alkyl carbamates (subject to hydrolysis) is 1. The fraction of sp³-hybridized carbons (Fsp3) is 0.368. The number of hydrogen-bond acceptors (Lipinski definition) is 6. The molecule has 0 radical (unpaired) electrons. The molecule has 2 amide bonds. The van der Waals surface area contributed by atoms with E-state index >= 15 is 0 Å². The maximum Gasteiger partial charge on any atom is 0.413 e. The molecule has 0 atom stereocenters. The Hall–Kier alpha value is -3.23. The van der Waals surface area contributed by atoms with Gasteiger partial charge in [-0.2, -0.15) is 5.10 Å². The van der Waals surface area contributed by atoms with Gasteiger partial charge in [-0.3, -0.25) is 10.1 Å². The highest BCUT2D eigenvalue weighted by atomic mass is 19.1. The summed E-state index contributed by atoms with van der Waals surface area (Å²) in [4.78, 5) is 35.3. The third-order valence-corrected chi connectivity index (χ3v) is 4.30. The number of nitrogens with zero attached hydrogens (tertiary/aromatic N) is 2. The van der Waals surface area contributed by atoms with Crippen LogP contribution in [0.15, 0.2) is 24.3 Å². The predicted molar refractivity (Wildman–Crippen MR) is 95.6 cm³/mol. The Bertz CT molecular complexity index is 892. The van der Waals surface area contributed by atoms with Crippen molar-refractivity contribution >= 4 is 18.0 Å². The summed E-state index contributed by atoms with van der Waals surface area (Å²) in [5, 5.41) is 6.30. The Morgan fingerprint density at radius 1 is 1.14 bits per heavy atom. The van der Waals surface area contributed by atoms with Crippen LogP contribution in [0.2, 0.25) is 0 Å². The van der Waals surface area contributed by atoms with Crippen LogP contribution in [0.4, 0.5) is 9.18 Å². The summed E-state index contributed by atoms with van der Waals surface area (Å²) >= 11 is 0. The van der Waals surface area contributed by atoms with Gasteiger partial charge < -0.3 is 9.47 Å². The predicted octanol–water partition coefficient (Wildman–Crippen LogP) is 2.32. The molecule has 0 spiro atoms. The molecular weight excluding hydrogens is 369 g/mol. The second-order valence-electron chi connectivity index (χ2n) is 6.21. The van der Waals surface area contributed by atoms with Gasteiger partial charge >= 0.3 is 12.1 Å². The fourth-order valence-electron chi connectivity index (χ4n) is 3.08. The van der Waals surface area contributed by atoms with Gasteiger partial charge in [-0.15, -0.1) is 0 Å². The van der Waals surface area contributed by atoms with Crippen molar-refractivity contribution in [3.63, 3.8) is 0 Å². The Labute approximate surface area is 160 Å². The average Bonchev–Trinajstić information content (AvgIpc) is 3.07. The van der Waals surface area contributed by atoms with Crippen molar-refractivity contribution in [1.29, 1.82) is 0 Å². The molecule has 0 bridgehead atoms. The summed E-state index contributed by atoms with van der Waals surface area (Å²) < 4.78 is 24.4. The molecular formula is C19H20FN3O5. The van der Waals surface area contributed by atoms with Crippen molar-refractivity contribution in [2.45, 2.75) is 32.6 Å². The SMILES string of the molecule is CCOC(=O)NC(=O)COC(=O)c1nn(-c2ccc(F)cc2)c2c1CCCC2. The molecule has 0 fully saturated rings. The molecule has 1 aliphatic rings. The number of hydrogen-bond donors (Lipinski definition) is 1. The highest BCUT2D eigenvalue weighted by Crippen LogP contribution is 2.27. The van der Waals surface area contributed by atoms with E-state index in [0.29, 0.717) is 12.1 Å². The summed E-state index contributed by atoms with van der Waals surface area (Å²) in [5.74, 6) is -1.91. The zero-order valence-electron chi connectivity index (χ0n) is 15.4. The number of fused-ring (bicyclic) bond motifs is 1. The van der Waals surface area contributed by atoms with Crippen LogP contribution in [0.3, 0.4) is 0 Å². The topological polar surface area (TPSA) is 99.5 Å². The Balaban J connectivity index is 1.76. The number of nitrogens with one attached hydrogen (secondary N) is 1. The van der Waals surface area contributed by atoms with Crippen molar-refractivity contribution in [3.05, 3.63) is 47.0 Å². The number of imide groups is 1. The first-order chi connectivity index (χ1) is 13.5. The molecule has 3 rings (SSSR count). The third-order valence-electron chi connectivity index (χ3n) is 4.30. The molecule has 0 saturated heterocycles. The normalized spacial score (nSPS) is 12.8. The van der Waals surface area contributed by atoms with Crippen molar-refractivity contribution in [1.82, 2.24) is 15.1 Å². The van der Waals surface area contributed by atoms with E-state index in [-0.39, 0.29) is 18.1 Å². The monoisotopic (exact) mass is 389 g/mol. The number of carbonyl (C=O) groups excluding carboxylic acids is 3. The van der Waals surface area contributed by atoms with Crippen LogP contribution >= 0.6 is 0 Å². The minimum Gasteiger partial charge on any atom is -0.451 e. The lowest BCUT2D eigenvalue weighted by Crippen LogP contribution is -2.34. The van der Waals surface area contributed by atoms with Crippen molar-refractivity contribution < 1.29 is 28.2 Å². The number of carbonyl (C=O) groups is 3. The fourth-order valence-corrected chi connectivity index (χ4v) is 3.08. The van der Waals surface area contributed by atoms with E-state index in [0.717, 1.165) is 30.5 Å². The van der Waals surface area contributed by atoms with E-state index in [4.69, 9.17) is 4.74 Å². The van der Waals surface area contributed by atoms with E-state index in [1.54, 1.807) is 23.7 Å². The number of aromatic nitrogens is 2. The molecule has 1 aromatic carbocycles. The first-order valence-corrected chi connectivity index (χ1v) is 9.00. The molecule has 1 N–H and O–H groups in total.